The van der Waals surface area contributed by atoms with E-state index in [0.29, 0.717) is 5.82 Å². The van der Waals surface area contributed by atoms with Gasteiger partial charge < -0.3 is 19.3 Å². The molecular formula is C52H37N5O2. The molecule has 11 rings (SSSR count). The maximum absolute atomic E-state index is 6.29. The normalized spacial score (nSPS) is 12.4. The molecule has 59 heavy (non-hydrogen) atoms. The maximum Gasteiger partial charge on any atom is 0.182 e. The molecule has 7 heteroatoms. The first-order chi connectivity index (χ1) is 29.1. The fourth-order valence-corrected chi connectivity index (χ4v) is 8.24. The Balaban J connectivity index is 1.00. The van der Waals surface area contributed by atoms with E-state index in [2.05, 4.69) is 139 Å². The Morgan fingerprint density at radius 1 is 0.390 bits per heavy atom. The molecule has 3 heterocycles. The van der Waals surface area contributed by atoms with Gasteiger partial charge in [-0.3, -0.25) is 0 Å². The van der Waals surface area contributed by atoms with Crippen LogP contribution in [0.25, 0.3) is 39.6 Å². The molecule has 9 aromatic rings. The summed E-state index contributed by atoms with van der Waals surface area (Å²) in [4.78, 5) is 9.75. The summed E-state index contributed by atoms with van der Waals surface area (Å²) in [5, 5.41) is 5.22. The molecule has 0 N–H and O–H groups in total. The Labute approximate surface area is 342 Å². The van der Waals surface area contributed by atoms with Gasteiger partial charge in [-0.25, -0.2) is 9.67 Å². The lowest BCUT2D eigenvalue weighted by atomic mass is 9.96. The fourth-order valence-electron chi connectivity index (χ4n) is 8.24. The Morgan fingerprint density at radius 2 is 0.814 bits per heavy atom. The molecule has 0 aliphatic carbocycles. The maximum atomic E-state index is 6.29. The van der Waals surface area contributed by atoms with Crippen LogP contribution in [0.5, 0.6) is 23.0 Å². The van der Waals surface area contributed by atoms with Crippen molar-refractivity contribution < 1.29 is 9.47 Å². The van der Waals surface area contributed by atoms with Crippen LogP contribution >= 0.6 is 0 Å². The van der Waals surface area contributed by atoms with Gasteiger partial charge in [-0.05, 0) is 145 Å². The molecule has 0 atom stereocenters. The van der Waals surface area contributed by atoms with E-state index in [9.17, 15) is 0 Å². The number of fused-ring (bicyclic) bond motifs is 4. The molecule has 0 spiro atoms. The van der Waals surface area contributed by atoms with Gasteiger partial charge in [-0.1, -0.05) is 78.9 Å². The van der Waals surface area contributed by atoms with Crippen molar-refractivity contribution in [3.63, 3.8) is 0 Å². The number of hydrogen-bond acceptors (Lipinski definition) is 6. The predicted octanol–water partition coefficient (Wildman–Crippen LogP) is 14.0. The second kappa shape index (κ2) is 13.9. The summed E-state index contributed by atoms with van der Waals surface area (Å²) in [6.07, 6.45) is 0. The van der Waals surface area contributed by atoms with Crippen LogP contribution in [0.1, 0.15) is 11.1 Å². The summed E-state index contributed by atoms with van der Waals surface area (Å²) >= 11 is 0. The number of para-hydroxylation sites is 8. The average Bonchev–Trinajstić information content (AvgIpc) is 3.73. The SMILES string of the molecule is Cc1ccccc1-c1ccc(-n2nc(-c3ccc(N4c5ccccc5Oc5ccccc54)cc3)nc2-c2ccc(N3c4ccccc4Oc4ccccc43)cc2)cc1C. The molecule has 2 aliphatic heterocycles. The summed E-state index contributed by atoms with van der Waals surface area (Å²) in [5.41, 5.74) is 13.6. The molecule has 0 amide bonds. The first kappa shape index (κ1) is 34.4. The van der Waals surface area contributed by atoms with Gasteiger partial charge >= 0.3 is 0 Å². The van der Waals surface area contributed by atoms with Crippen molar-refractivity contribution in [2.45, 2.75) is 13.8 Å². The molecule has 0 bridgehead atoms. The van der Waals surface area contributed by atoms with Crippen molar-refractivity contribution in [3.05, 3.63) is 199 Å². The highest BCUT2D eigenvalue weighted by molar-refractivity contribution is 5.88. The summed E-state index contributed by atoms with van der Waals surface area (Å²) in [6, 6.07) is 64.6. The van der Waals surface area contributed by atoms with Crippen LogP contribution in [0.2, 0.25) is 0 Å². The van der Waals surface area contributed by atoms with Crippen molar-refractivity contribution in [2.75, 3.05) is 9.80 Å². The highest BCUT2D eigenvalue weighted by atomic mass is 16.5. The zero-order valence-corrected chi connectivity index (χ0v) is 32.5. The molecule has 282 valence electrons. The summed E-state index contributed by atoms with van der Waals surface area (Å²) in [7, 11) is 0. The molecule has 2 aliphatic rings. The van der Waals surface area contributed by atoms with Gasteiger partial charge in [0.2, 0.25) is 0 Å². The van der Waals surface area contributed by atoms with Gasteiger partial charge in [0.05, 0.1) is 28.4 Å². The molecule has 0 radical (unpaired) electrons. The van der Waals surface area contributed by atoms with Gasteiger partial charge in [-0.15, -0.1) is 5.10 Å². The second-order valence-corrected chi connectivity index (χ2v) is 14.8. The summed E-state index contributed by atoms with van der Waals surface area (Å²) in [6.45, 7) is 4.32. The topological polar surface area (TPSA) is 55.7 Å². The van der Waals surface area contributed by atoms with Gasteiger partial charge in [0.1, 0.15) is 0 Å². The van der Waals surface area contributed by atoms with Gasteiger partial charge in [0.15, 0.2) is 34.6 Å². The van der Waals surface area contributed by atoms with Crippen molar-refractivity contribution in [2.24, 2.45) is 0 Å². The molecule has 0 unspecified atom stereocenters. The first-order valence-electron chi connectivity index (χ1n) is 19.7. The monoisotopic (exact) mass is 763 g/mol. The number of hydrogen-bond donors (Lipinski definition) is 0. The Kier molecular flexibility index (Phi) is 8.11. The number of ether oxygens (including phenoxy) is 2. The molecule has 8 aromatic carbocycles. The number of rotatable bonds is 6. The highest BCUT2D eigenvalue weighted by Crippen LogP contribution is 2.51. The van der Waals surface area contributed by atoms with Crippen LogP contribution in [0.3, 0.4) is 0 Å². The number of anilines is 6. The lowest BCUT2D eigenvalue weighted by Crippen LogP contribution is -2.15. The molecule has 0 saturated carbocycles. The third kappa shape index (κ3) is 5.91. The number of aromatic nitrogens is 3. The zero-order chi connectivity index (χ0) is 39.5. The lowest BCUT2D eigenvalue weighted by molar-refractivity contribution is 0.477. The molecule has 0 fully saturated rings. The van der Waals surface area contributed by atoms with Crippen LogP contribution in [0, 0.1) is 13.8 Å². The minimum atomic E-state index is 0.634. The Hall–Kier alpha value is -7.90. The predicted molar refractivity (Wildman–Crippen MR) is 237 cm³/mol. The second-order valence-electron chi connectivity index (χ2n) is 14.8. The minimum Gasteiger partial charge on any atom is -0.453 e. The highest BCUT2D eigenvalue weighted by Gasteiger charge is 2.27. The largest absolute Gasteiger partial charge is 0.453 e. The smallest absolute Gasteiger partial charge is 0.182 e. The third-order valence-corrected chi connectivity index (χ3v) is 11.1. The Morgan fingerprint density at radius 3 is 1.31 bits per heavy atom. The van der Waals surface area contributed by atoms with E-state index in [-0.39, 0.29) is 0 Å². The van der Waals surface area contributed by atoms with E-state index in [0.717, 1.165) is 85.3 Å². The van der Waals surface area contributed by atoms with Crippen LogP contribution < -0.4 is 19.3 Å². The summed E-state index contributed by atoms with van der Waals surface area (Å²) < 4.78 is 14.5. The first-order valence-corrected chi connectivity index (χ1v) is 19.7. The number of aryl methyl sites for hydroxylation is 2. The van der Waals surface area contributed by atoms with Crippen LogP contribution in [-0.2, 0) is 0 Å². The zero-order valence-electron chi connectivity index (χ0n) is 32.5. The molecule has 0 saturated heterocycles. The average molecular weight is 764 g/mol. The summed E-state index contributed by atoms with van der Waals surface area (Å²) in [5.74, 6) is 4.65. The van der Waals surface area contributed by atoms with Crippen LogP contribution in [0.4, 0.5) is 34.1 Å². The van der Waals surface area contributed by atoms with E-state index in [4.69, 9.17) is 19.6 Å². The van der Waals surface area contributed by atoms with Gasteiger partial charge in [-0.2, -0.15) is 0 Å². The number of benzene rings is 8. The van der Waals surface area contributed by atoms with Crippen LogP contribution in [-0.4, -0.2) is 14.8 Å². The molecular weight excluding hydrogens is 727 g/mol. The van der Waals surface area contributed by atoms with Crippen molar-refractivity contribution in [1.29, 1.82) is 0 Å². The van der Waals surface area contributed by atoms with E-state index in [1.807, 2.05) is 77.5 Å². The van der Waals surface area contributed by atoms with E-state index < -0.39 is 0 Å². The van der Waals surface area contributed by atoms with E-state index >= 15 is 0 Å². The number of nitrogens with zero attached hydrogens (tertiary/aromatic N) is 5. The minimum absolute atomic E-state index is 0.634. The van der Waals surface area contributed by atoms with E-state index in [1.54, 1.807) is 0 Å². The Bertz CT molecular complexity index is 2950. The van der Waals surface area contributed by atoms with E-state index in [1.165, 1.54) is 16.7 Å². The lowest BCUT2D eigenvalue weighted by Gasteiger charge is -2.32. The quantitative estimate of drug-likeness (QED) is 0.168. The standard InChI is InChI=1S/C52H37N5O2/c1-34-13-3-4-14-41(34)42-32-31-40(33-35(42)2)57-52(37-25-29-39(30-26-37)56-45-17-7-11-21-49(45)59-50-22-12-8-18-46(50)56)53-51(54-57)36-23-27-38(28-24-36)55-43-15-5-9-19-47(43)58-48-20-10-6-16-44(48)55/h3-33H,1-2H3. The fraction of sp³-hybridized carbons (Fsp3) is 0.0385. The van der Waals surface area contributed by atoms with Crippen molar-refractivity contribution in [3.8, 4) is 62.6 Å². The van der Waals surface area contributed by atoms with Crippen LogP contribution in [0.15, 0.2) is 188 Å². The van der Waals surface area contributed by atoms with Crippen molar-refractivity contribution >= 4 is 34.1 Å². The van der Waals surface area contributed by atoms with Gasteiger partial charge in [0, 0.05) is 22.5 Å². The molecule has 7 nitrogen and oxygen atoms in total. The molecule has 1 aromatic heterocycles. The van der Waals surface area contributed by atoms with Crippen molar-refractivity contribution in [1.82, 2.24) is 14.8 Å². The van der Waals surface area contributed by atoms with Gasteiger partial charge in [0.25, 0.3) is 0 Å². The third-order valence-electron chi connectivity index (χ3n) is 11.1.